The number of rotatable bonds is 1. The summed E-state index contributed by atoms with van der Waals surface area (Å²) in [5.41, 5.74) is 1.13. The number of aryl methyl sites for hydroxylation is 1. The Morgan fingerprint density at radius 3 is 2.83 bits per heavy atom. The number of H-pyrrole nitrogens is 1. The Morgan fingerprint density at radius 1 is 1.44 bits per heavy atom. The Kier molecular flexibility index (Phi) is 3.52. The molecule has 2 unspecified atom stereocenters. The molecule has 1 aliphatic rings. The number of aromatic amines is 1. The van der Waals surface area contributed by atoms with Crippen LogP contribution in [0.15, 0.2) is 17.1 Å². The number of carbonyl (C=O) groups is 1. The maximum Gasteiger partial charge on any atom is 0.255 e. The molecule has 0 bridgehead atoms. The highest BCUT2D eigenvalue weighted by molar-refractivity contribution is 5.95. The van der Waals surface area contributed by atoms with E-state index < -0.39 is 0 Å². The maximum absolute atomic E-state index is 12.5. The molecule has 1 aromatic heterocycles. The third-order valence-corrected chi connectivity index (χ3v) is 3.66. The molecule has 0 aromatic carbocycles. The molecule has 2 atom stereocenters. The number of nitrogens with zero attached hydrogens (tertiary/aromatic N) is 1. The minimum Gasteiger partial charge on any atom is -0.333 e. The van der Waals surface area contributed by atoms with Crippen molar-refractivity contribution < 1.29 is 4.79 Å². The van der Waals surface area contributed by atoms with Crippen molar-refractivity contribution in [1.29, 1.82) is 0 Å². The summed E-state index contributed by atoms with van der Waals surface area (Å²) >= 11 is 0. The molecule has 1 aromatic rings. The molecular formula is C13H19N3O2. The lowest BCUT2D eigenvalue weighted by atomic mass is 10.0. The molecule has 1 aliphatic heterocycles. The van der Waals surface area contributed by atoms with Crippen LogP contribution in [-0.2, 0) is 0 Å². The summed E-state index contributed by atoms with van der Waals surface area (Å²) in [7, 11) is 0. The van der Waals surface area contributed by atoms with Gasteiger partial charge >= 0.3 is 0 Å². The minimum absolute atomic E-state index is 0.00963. The Bertz CT molecular complexity index is 509. The SMILES string of the molecule is Cc1cc(=O)[nH]cc1C(=O)N1CCNC(C)C1C. The van der Waals surface area contributed by atoms with Crippen LogP contribution >= 0.6 is 0 Å². The topological polar surface area (TPSA) is 65.2 Å². The fourth-order valence-electron chi connectivity index (χ4n) is 2.30. The van der Waals surface area contributed by atoms with Gasteiger partial charge in [0.1, 0.15) is 0 Å². The first kappa shape index (κ1) is 12.8. The molecule has 2 rings (SSSR count). The molecule has 1 fully saturated rings. The van der Waals surface area contributed by atoms with Gasteiger partial charge in [0.25, 0.3) is 5.91 Å². The summed E-state index contributed by atoms with van der Waals surface area (Å²) in [6.45, 7) is 7.40. The van der Waals surface area contributed by atoms with Crippen molar-refractivity contribution in [3.8, 4) is 0 Å². The second kappa shape index (κ2) is 4.94. The van der Waals surface area contributed by atoms with Crippen molar-refractivity contribution >= 4 is 5.91 Å². The third-order valence-electron chi connectivity index (χ3n) is 3.66. The summed E-state index contributed by atoms with van der Waals surface area (Å²) in [6.07, 6.45) is 1.51. The zero-order chi connectivity index (χ0) is 13.3. The van der Waals surface area contributed by atoms with E-state index in [-0.39, 0.29) is 23.6 Å². The van der Waals surface area contributed by atoms with Crippen molar-refractivity contribution in [2.24, 2.45) is 0 Å². The van der Waals surface area contributed by atoms with Gasteiger partial charge in [-0.05, 0) is 26.3 Å². The van der Waals surface area contributed by atoms with Gasteiger partial charge in [-0.2, -0.15) is 0 Å². The smallest absolute Gasteiger partial charge is 0.255 e. The van der Waals surface area contributed by atoms with E-state index >= 15 is 0 Å². The third kappa shape index (κ3) is 2.31. The Labute approximate surface area is 106 Å². The molecule has 5 heteroatoms. The minimum atomic E-state index is -0.175. The molecule has 0 spiro atoms. The number of pyridine rings is 1. The van der Waals surface area contributed by atoms with Crippen LogP contribution in [0.3, 0.4) is 0 Å². The van der Waals surface area contributed by atoms with E-state index in [0.29, 0.717) is 12.1 Å². The van der Waals surface area contributed by atoms with Gasteiger partial charge in [-0.3, -0.25) is 9.59 Å². The lowest BCUT2D eigenvalue weighted by Gasteiger charge is -2.38. The van der Waals surface area contributed by atoms with Crippen LogP contribution in [0.4, 0.5) is 0 Å². The molecule has 1 amide bonds. The number of amides is 1. The normalized spacial score (nSPS) is 24.1. The summed E-state index contributed by atoms with van der Waals surface area (Å²) in [5, 5.41) is 3.34. The van der Waals surface area contributed by atoms with Gasteiger partial charge in [-0.15, -0.1) is 0 Å². The summed E-state index contributed by atoms with van der Waals surface area (Å²) in [6, 6.07) is 1.90. The van der Waals surface area contributed by atoms with E-state index in [4.69, 9.17) is 0 Å². The number of aromatic nitrogens is 1. The molecule has 0 saturated carbocycles. The van der Waals surface area contributed by atoms with Crippen LogP contribution in [0.5, 0.6) is 0 Å². The van der Waals surface area contributed by atoms with Crippen molar-refractivity contribution in [3.05, 3.63) is 33.7 Å². The summed E-state index contributed by atoms with van der Waals surface area (Å²) in [5.74, 6) is -0.00963. The highest BCUT2D eigenvalue weighted by Crippen LogP contribution is 2.14. The molecular weight excluding hydrogens is 230 g/mol. The van der Waals surface area contributed by atoms with E-state index in [1.165, 1.54) is 12.3 Å². The van der Waals surface area contributed by atoms with Crippen LogP contribution in [0.25, 0.3) is 0 Å². The van der Waals surface area contributed by atoms with Crippen molar-refractivity contribution in [2.75, 3.05) is 13.1 Å². The molecule has 0 radical (unpaired) electrons. The molecule has 0 aliphatic carbocycles. The molecule has 2 heterocycles. The van der Waals surface area contributed by atoms with Gasteiger partial charge in [-0.1, -0.05) is 0 Å². The van der Waals surface area contributed by atoms with Crippen LogP contribution in [0.2, 0.25) is 0 Å². The number of hydrogen-bond donors (Lipinski definition) is 2. The van der Waals surface area contributed by atoms with E-state index in [2.05, 4.69) is 17.2 Å². The highest BCUT2D eigenvalue weighted by Gasteiger charge is 2.29. The van der Waals surface area contributed by atoms with E-state index in [0.717, 1.165) is 12.1 Å². The second-order valence-electron chi connectivity index (χ2n) is 4.88. The zero-order valence-corrected chi connectivity index (χ0v) is 11.0. The van der Waals surface area contributed by atoms with E-state index in [1.807, 2.05) is 11.8 Å². The largest absolute Gasteiger partial charge is 0.333 e. The highest BCUT2D eigenvalue weighted by atomic mass is 16.2. The first-order valence-electron chi connectivity index (χ1n) is 6.24. The molecule has 98 valence electrons. The number of carbonyl (C=O) groups excluding carboxylic acids is 1. The van der Waals surface area contributed by atoms with Gasteiger partial charge in [0.05, 0.1) is 5.56 Å². The first-order valence-corrected chi connectivity index (χ1v) is 6.24. The zero-order valence-electron chi connectivity index (χ0n) is 11.0. The predicted octanol–water partition coefficient (Wildman–Crippen LogP) is 0.506. The number of hydrogen-bond acceptors (Lipinski definition) is 3. The van der Waals surface area contributed by atoms with E-state index in [1.54, 1.807) is 6.92 Å². The average molecular weight is 249 g/mol. The Morgan fingerprint density at radius 2 is 2.17 bits per heavy atom. The average Bonchev–Trinajstić information content (AvgIpc) is 2.32. The van der Waals surface area contributed by atoms with Gasteiger partial charge in [0, 0.05) is 37.4 Å². The lowest BCUT2D eigenvalue weighted by Crippen LogP contribution is -2.57. The van der Waals surface area contributed by atoms with Gasteiger partial charge < -0.3 is 15.2 Å². The standard InChI is InChI=1S/C13H19N3O2/c1-8-6-12(17)15-7-11(8)13(18)16-5-4-14-9(2)10(16)3/h6-7,9-10,14H,4-5H2,1-3H3,(H,15,17). The quantitative estimate of drug-likeness (QED) is 0.762. The van der Waals surface area contributed by atoms with E-state index in [9.17, 15) is 9.59 Å². The Balaban J connectivity index is 2.28. The Hall–Kier alpha value is -1.62. The number of nitrogens with one attached hydrogen (secondary N) is 2. The second-order valence-corrected chi connectivity index (χ2v) is 4.88. The molecule has 2 N–H and O–H groups in total. The van der Waals surface area contributed by atoms with Gasteiger partial charge in [0.2, 0.25) is 5.56 Å². The van der Waals surface area contributed by atoms with Crippen molar-refractivity contribution in [1.82, 2.24) is 15.2 Å². The first-order chi connectivity index (χ1) is 8.50. The van der Waals surface area contributed by atoms with Crippen LogP contribution in [0.1, 0.15) is 29.8 Å². The summed E-state index contributed by atoms with van der Waals surface area (Å²) < 4.78 is 0. The monoisotopic (exact) mass is 249 g/mol. The lowest BCUT2D eigenvalue weighted by molar-refractivity contribution is 0.0601. The fraction of sp³-hybridized carbons (Fsp3) is 0.538. The van der Waals surface area contributed by atoms with Crippen LogP contribution in [0, 0.1) is 6.92 Å². The predicted molar refractivity (Wildman–Crippen MR) is 69.8 cm³/mol. The van der Waals surface area contributed by atoms with Crippen molar-refractivity contribution in [3.63, 3.8) is 0 Å². The molecule has 5 nitrogen and oxygen atoms in total. The van der Waals surface area contributed by atoms with Crippen LogP contribution < -0.4 is 10.9 Å². The molecule has 18 heavy (non-hydrogen) atoms. The van der Waals surface area contributed by atoms with Crippen molar-refractivity contribution in [2.45, 2.75) is 32.9 Å². The van der Waals surface area contributed by atoms with Crippen LogP contribution in [-0.4, -0.2) is 41.0 Å². The fourth-order valence-corrected chi connectivity index (χ4v) is 2.30. The maximum atomic E-state index is 12.5. The van der Waals surface area contributed by atoms with Gasteiger partial charge in [0.15, 0.2) is 0 Å². The summed E-state index contributed by atoms with van der Waals surface area (Å²) in [4.78, 5) is 28.1. The number of piperazine rings is 1. The molecule has 1 saturated heterocycles. The van der Waals surface area contributed by atoms with Gasteiger partial charge in [-0.25, -0.2) is 0 Å².